The standard InChI is InChI=1S/C14H21N3O3/c1-3-10(7-13(18)19)9-17-11-5-6-16-12(8-11)14(20)15-4-2/h5-6,8,10H,3-4,7,9H2,1-2H3,(H,15,20)(H,16,17)(H,18,19). The topological polar surface area (TPSA) is 91.3 Å². The molecule has 1 aromatic heterocycles. The second kappa shape index (κ2) is 8.14. The molecule has 0 spiro atoms. The van der Waals surface area contributed by atoms with Crippen LogP contribution in [0.25, 0.3) is 0 Å². The summed E-state index contributed by atoms with van der Waals surface area (Å²) in [5.74, 6) is -0.946. The molecule has 0 saturated carbocycles. The maximum absolute atomic E-state index is 11.7. The van der Waals surface area contributed by atoms with Gasteiger partial charge < -0.3 is 15.7 Å². The van der Waals surface area contributed by atoms with Crippen LogP contribution < -0.4 is 10.6 Å². The number of carbonyl (C=O) groups is 2. The molecule has 1 amide bonds. The number of nitrogens with one attached hydrogen (secondary N) is 2. The molecule has 0 aliphatic rings. The van der Waals surface area contributed by atoms with E-state index in [9.17, 15) is 9.59 Å². The van der Waals surface area contributed by atoms with E-state index in [1.54, 1.807) is 18.3 Å². The summed E-state index contributed by atoms with van der Waals surface area (Å²) in [7, 11) is 0. The highest BCUT2D eigenvalue weighted by Gasteiger charge is 2.11. The third kappa shape index (κ3) is 5.26. The van der Waals surface area contributed by atoms with Gasteiger partial charge in [0.25, 0.3) is 5.91 Å². The highest BCUT2D eigenvalue weighted by molar-refractivity contribution is 5.93. The van der Waals surface area contributed by atoms with Crippen LogP contribution in [0, 0.1) is 5.92 Å². The van der Waals surface area contributed by atoms with Crippen molar-refractivity contribution in [1.82, 2.24) is 10.3 Å². The van der Waals surface area contributed by atoms with Crippen molar-refractivity contribution in [2.75, 3.05) is 18.4 Å². The summed E-state index contributed by atoms with van der Waals surface area (Å²) in [4.78, 5) is 26.4. The number of pyridine rings is 1. The predicted molar refractivity (Wildman–Crippen MR) is 76.8 cm³/mol. The molecular weight excluding hydrogens is 258 g/mol. The highest BCUT2D eigenvalue weighted by Crippen LogP contribution is 2.12. The SMILES string of the molecule is CCNC(=O)c1cc(NCC(CC)CC(=O)O)ccn1. The van der Waals surface area contributed by atoms with Gasteiger partial charge in [0, 0.05) is 31.4 Å². The lowest BCUT2D eigenvalue weighted by molar-refractivity contribution is -0.138. The maximum Gasteiger partial charge on any atom is 0.303 e. The lowest BCUT2D eigenvalue weighted by atomic mass is 10.0. The first-order valence-corrected chi connectivity index (χ1v) is 6.76. The average molecular weight is 279 g/mol. The molecule has 0 aromatic carbocycles. The largest absolute Gasteiger partial charge is 0.481 e. The van der Waals surface area contributed by atoms with Crippen LogP contribution in [0.5, 0.6) is 0 Å². The van der Waals surface area contributed by atoms with E-state index in [0.717, 1.165) is 12.1 Å². The van der Waals surface area contributed by atoms with Gasteiger partial charge >= 0.3 is 5.97 Å². The summed E-state index contributed by atoms with van der Waals surface area (Å²) in [6, 6.07) is 3.43. The molecule has 1 aromatic rings. The van der Waals surface area contributed by atoms with Crippen molar-refractivity contribution >= 4 is 17.6 Å². The third-order valence-corrected chi connectivity index (χ3v) is 2.97. The summed E-state index contributed by atoms with van der Waals surface area (Å²) in [6.07, 6.45) is 2.48. The molecule has 0 fully saturated rings. The van der Waals surface area contributed by atoms with E-state index in [1.165, 1.54) is 0 Å². The number of carboxylic acid groups (broad SMARTS) is 1. The average Bonchev–Trinajstić information content (AvgIpc) is 2.43. The second-order valence-electron chi connectivity index (χ2n) is 4.54. The minimum atomic E-state index is -0.795. The van der Waals surface area contributed by atoms with E-state index in [2.05, 4.69) is 15.6 Å². The second-order valence-corrected chi connectivity index (χ2v) is 4.54. The minimum absolute atomic E-state index is 0.0635. The first-order chi connectivity index (χ1) is 9.56. The van der Waals surface area contributed by atoms with Crippen molar-refractivity contribution in [3.8, 4) is 0 Å². The normalized spacial score (nSPS) is 11.7. The minimum Gasteiger partial charge on any atom is -0.481 e. The van der Waals surface area contributed by atoms with Crippen LogP contribution in [0.4, 0.5) is 5.69 Å². The van der Waals surface area contributed by atoms with Crippen molar-refractivity contribution in [2.45, 2.75) is 26.7 Å². The zero-order chi connectivity index (χ0) is 15.0. The van der Waals surface area contributed by atoms with E-state index in [1.807, 2.05) is 13.8 Å². The summed E-state index contributed by atoms with van der Waals surface area (Å²) >= 11 is 0. The number of carbonyl (C=O) groups excluding carboxylic acids is 1. The molecule has 1 atom stereocenters. The van der Waals surface area contributed by atoms with Gasteiger partial charge in [0.15, 0.2) is 0 Å². The van der Waals surface area contributed by atoms with Gasteiger partial charge in [0.05, 0.1) is 0 Å². The molecule has 0 radical (unpaired) electrons. The van der Waals surface area contributed by atoms with Gasteiger partial charge in [-0.3, -0.25) is 14.6 Å². The highest BCUT2D eigenvalue weighted by atomic mass is 16.4. The monoisotopic (exact) mass is 279 g/mol. The van der Waals surface area contributed by atoms with Gasteiger partial charge in [-0.15, -0.1) is 0 Å². The number of rotatable bonds is 8. The number of nitrogens with zero attached hydrogens (tertiary/aromatic N) is 1. The summed E-state index contributed by atoms with van der Waals surface area (Å²) in [5, 5.41) is 14.6. The summed E-state index contributed by atoms with van der Waals surface area (Å²) in [5.41, 5.74) is 1.12. The lowest BCUT2D eigenvalue weighted by Crippen LogP contribution is -2.24. The fraction of sp³-hybridized carbons (Fsp3) is 0.500. The van der Waals surface area contributed by atoms with E-state index >= 15 is 0 Å². The van der Waals surface area contributed by atoms with Crippen LogP contribution in [0.3, 0.4) is 0 Å². The van der Waals surface area contributed by atoms with E-state index in [-0.39, 0.29) is 18.2 Å². The summed E-state index contributed by atoms with van der Waals surface area (Å²) in [6.45, 7) is 4.91. The maximum atomic E-state index is 11.7. The Kier molecular flexibility index (Phi) is 6.49. The summed E-state index contributed by atoms with van der Waals surface area (Å²) < 4.78 is 0. The number of aromatic nitrogens is 1. The molecule has 0 aliphatic carbocycles. The Morgan fingerprint density at radius 2 is 2.15 bits per heavy atom. The van der Waals surface area contributed by atoms with Gasteiger partial charge in [-0.25, -0.2) is 0 Å². The van der Waals surface area contributed by atoms with Gasteiger partial charge in [0.2, 0.25) is 0 Å². The van der Waals surface area contributed by atoms with Crippen molar-refractivity contribution < 1.29 is 14.7 Å². The number of anilines is 1. The quantitative estimate of drug-likeness (QED) is 0.674. The van der Waals surface area contributed by atoms with Crippen molar-refractivity contribution in [3.63, 3.8) is 0 Å². The lowest BCUT2D eigenvalue weighted by Gasteiger charge is -2.14. The van der Waals surface area contributed by atoms with Crippen LogP contribution in [0.1, 0.15) is 37.2 Å². The Morgan fingerprint density at radius 1 is 1.40 bits per heavy atom. The molecule has 0 aliphatic heterocycles. The Hall–Kier alpha value is -2.11. The molecule has 20 heavy (non-hydrogen) atoms. The van der Waals surface area contributed by atoms with E-state index in [4.69, 9.17) is 5.11 Å². The smallest absolute Gasteiger partial charge is 0.303 e. The molecule has 0 bridgehead atoms. The van der Waals surface area contributed by atoms with Crippen LogP contribution in [0.2, 0.25) is 0 Å². The Labute approximate surface area is 118 Å². The molecule has 3 N–H and O–H groups in total. The molecule has 6 nitrogen and oxygen atoms in total. The Bertz CT molecular complexity index is 463. The first kappa shape index (κ1) is 15.9. The number of hydrogen-bond acceptors (Lipinski definition) is 4. The zero-order valence-electron chi connectivity index (χ0n) is 11.8. The molecule has 6 heteroatoms. The zero-order valence-corrected chi connectivity index (χ0v) is 11.8. The first-order valence-electron chi connectivity index (χ1n) is 6.76. The van der Waals surface area contributed by atoms with Gasteiger partial charge in [-0.1, -0.05) is 13.3 Å². The van der Waals surface area contributed by atoms with Crippen LogP contribution in [0.15, 0.2) is 18.3 Å². The molecular formula is C14H21N3O3. The van der Waals surface area contributed by atoms with E-state index in [0.29, 0.717) is 18.8 Å². The number of carboxylic acids is 1. The van der Waals surface area contributed by atoms with Crippen molar-refractivity contribution in [2.24, 2.45) is 5.92 Å². The molecule has 1 unspecified atom stereocenters. The fourth-order valence-corrected chi connectivity index (χ4v) is 1.79. The Balaban J connectivity index is 2.61. The van der Waals surface area contributed by atoms with Crippen molar-refractivity contribution in [1.29, 1.82) is 0 Å². The number of amides is 1. The molecule has 1 rings (SSSR count). The van der Waals surface area contributed by atoms with Crippen LogP contribution in [-0.4, -0.2) is 35.1 Å². The number of aliphatic carboxylic acids is 1. The third-order valence-electron chi connectivity index (χ3n) is 2.97. The van der Waals surface area contributed by atoms with E-state index < -0.39 is 5.97 Å². The Morgan fingerprint density at radius 3 is 2.75 bits per heavy atom. The predicted octanol–water partition coefficient (Wildman–Crippen LogP) is 1.74. The van der Waals surface area contributed by atoms with Crippen molar-refractivity contribution in [3.05, 3.63) is 24.0 Å². The van der Waals surface area contributed by atoms with Gasteiger partial charge in [0.1, 0.15) is 5.69 Å². The fourth-order valence-electron chi connectivity index (χ4n) is 1.79. The molecule has 110 valence electrons. The molecule has 0 saturated heterocycles. The van der Waals surface area contributed by atoms with Crippen LogP contribution >= 0.6 is 0 Å². The molecule has 1 heterocycles. The number of hydrogen-bond donors (Lipinski definition) is 3. The van der Waals surface area contributed by atoms with Gasteiger partial charge in [-0.05, 0) is 25.0 Å². The van der Waals surface area contributed by atoms with Gasteiger partial charge in [-0.2, -0.15) is 0 Å². The van der Waals surface area contributed by atoms with Crippen LogP contribution in [-0.2, 0) is 4.79 Å².